The Morgan fingerprint density at radius 3 is 2.18 bits per heavy atom. The summed E-state index contributed by atoms with van der Waals surface area (Å²) in [6, 6.07) is 2.40. The number of hydrogen-bond donors (Lipinski definition) is 0. The van der Waals surface area contributed by atoms with E-state index in [4.69, 9.17) is 8.85 Å². The molecule has 0 N–H and O–H groups in total. The van der Waals surface area contributed by atoms with Gasteiger partial charge in [0, 0.05) is 14.2 Å². The van der Waals surface area contributed by atoms with Crippen LogP contribution in [0.1, 0.15) is 0 Å². The summed E-state index contributed by atoms with van der Waals surface area (Å²) in [5, 5.41) is 0. The summed E-state index contributed by atoms with van der Waals surface area (Å²) in [4.78, 5) is 0. The zero-order valence-electron chi connectivity index (χ0n) is 7.67. The Balaban J connectivity index is 3.41. The molecule has 0 rings (SSSR count). The molecule has 0 fully saturated rings. The molecule has 0 saturated carbocycles. The second kappa shape index (κ2) is 6.78. The van der Waals surface area contributed by atoms with Gasteiger partial charge in [0.05, 0.1) is 8.80 Å². The van der Waals surface area contributed by atoms with Crippen LogP contribution in [0.25, 0.3) is 0 Å². The first-order valence-corrected chi connectivity index (χ1v) is 8.32. The van der Waals surface area contributed by atoms with E-state index in [1.165, 1.54) is 6.04 Å². The fourth-order valence-electron chi connectivity index (χ4n) is 0.849. The van der Waals surface area contributed by atoms with Crippen LogP contribution in [0.3, 0.4) is 0 Å². The molecule has 0 aliphatic heterocycles. The van der Waals surface area contributed by atoms with Crippen LogP contribution in [0.4, 0.5) is 0 Å². The van der Waals surface area contributed by atoms with Crippen molar-refractivity contribution in [3.05, 3.63) is 12.3 Å². The lowest BCUT2D eigenvalue weighted by Gasteiger charge is -2.11. The first-order chi connectivity index (χ1) is 5.24. The van der Waals surface area contributed by atoms with Gasteiger partial charge in [-0.1, -0.05) is 12.6 Å². The first kappa shape index (κ1) is 11.1. The molecule has 0 aliphatic rings. The maximum Gasteiger partial charge on any atom is 0.320 e. The fourth-order valence-corrected chi connectivity index (χ4v) is 4.94. The molecule has 0 amide bonds. The maximum atomic E-state index is 5.20. The second-order valence-corrected chi connectivity index (χ2v) is 8.07. The largest absolute Gasteiger partial charge is 0.400 e. The van der Waals surface area contributed by atoms with Gasteiger partial charge in [0.1, 0.15) is 0 Å². The van der Waals surface area contributed by atoms with Gasteiger partial charge in [-0.3, -0.25) is 0 Å². The van der Waals surface area contributed by atoms with E-state index in [1.807, 2.05) is 0 Å². The molecule has 1 atom stereocenters. The molecule has 2 nitrogen and oxygen atoms in total. The maximum absolute atomic E-state index is 5.20. The van der Waals surface area contributed by atoms with Crippen molar-refractivity contribution in [3.63, 3.8) is 0 Å². The van der Waals surface area contributed by atoms with E-state index in [-0.39, 0.29) is 0 Å². The standard InChI is InChI=1S/C7H18O2Si2/c1-5-10(4)6-7-11(8-2)9-3/h5,10-11H,1,6-7H2,2-4H3. The quantitative estimate of drug-likeness (QED) is 0.584. The van der Waals surface area contributed by atoms with Crippen molar-refractivity contribution in [2.24, 2.45) is 0 Å². The van der Waals surface area contributed by atoms with E-state index < -0.39 is 18.1 Å². The van der Waals surface area contributed by atoms with Crippen molar-refractivity contribution >= 4 is 18.1 Å². The van der Waals surface area contributed by atoms with Gasteiger partial charge in [-0.25, -0.2) is 0 Å². The van der Waals surface area contributed by atoms with Crippen LogP contribution in [0, 0.1) is 0 Å². The van der Waals surface area contributed by atoms with Crippen molar-refractivity contribution in [2.75, 3.05) is 14.2 Å². The number of rotatable bonds is 6. The third-order valence-corrected chi connectivity index (χ3v) is 6.36. The highest BCUT2D eigenvalue weighted by molar-refractivity contribution is 6.64. The summed E-state index contributed by atoms with van der Waals surface area (Å²) in [5.41, 5.74) is 2.11. The highest BCUT2D eigenvalue weighted by atomic mass is 28.3. The lowest BCUT2D eigenvalue weighted by molar-refractivity contribution is 0.279. The van der Waals surface area contributed by atoms with E-state index in [0.717, 1.165) is 6.04 Å². The fraction of sp³-hybridized carbons (Fsp3) is 0.714. The van der Waals surface area contributed by atoms with Crippen molar-refractivity contribution < 1.29 is 8.85 Å². The summed E-state index contributed by atoms with van der Waals surface area (Å²) in [5.74, 6) is 0. The van der Waals surface area contributed by atoms with Gasteiger partial charge in [0.15, 0.2) is 0 Å². The molecule has 0 spiro atoms. The average Bonchev–Trinajstić information content (AvgIpc) is 2.06. The Morgan fingerprint density at radius 2 is 1.82 bits per heavy atom. The minimum Gasteiger partial charge on any atom is -0.400 e. The molecule has 0 aliphatic carbocycles. The van der Waals surface area contributed by atoms with Gasteiger partial charge in [-0.2, -0.15) is 0 Å². The highest BCUT2D eigenvalue weighted by Crippen LogP contribution is 2.04. The molecule has 1 unspecified atom stereocenters. The predicted octanol–water partition coefficient (Wildman–Crippen LogP) is 1.08. The molecular formula is C7H18O2Si2. The van der Waals surface area contributed by atoms with Crippen LogP contribution in [-0.4, -0.2) is 32.3 Å². The minimum absolute atomic E-state index is 0.627. The highest BCUT2D eigenvalue weighted by Gasteiger charge is 2.10. The van der Waals surface area contributed by atoms with Gasteiger partial charge in [0.25, 0.3) is 0 Å². The zero-order valence-corrected chi connectivity index (χ0v) is 9.98. The molecule has 11 heavy (non-hydrogen) atoms. The van der Waals surface area contributed by atoms with E-state index in [2.05, 4.69) is 18.8 Å². The van der Waals surface area contributed by atoms with Gasteiger partial charge >= 0.3 is 9.28 Å². The first-order valence-electron chi connectivity index (χ1n) is 3.92. The zero-order chi connectivity index (χ0) is 8.69. The van der Waals surface area contributed by atoms with E-state index in [0.29, 0.717) is 0 Å². The Kier molecular flexibility index (Phi) is 6.84. The van der Waals surface area contributed by atoms with Crippen molar-refractivity contribution in [3.8, 4) is 0 Å². The van der Waals surface area contributed by atoms with Crippen LogP contribution >= 0.6 is 0 Å². The third kappa shape index (κ3) is 5.37. The van der Waals surface area contributed by atoms with E-state index in [9.17, 15) is 0 Å². The molecule has 66 valence electrons. The Bertz CT molecular complexity index is 105. The smallest absolute Gasteiger partial charge is 0.320 e. The molecule has 0 bridgehead atoms. The molecule has 0 aromatic heterocycles. The van der Waals surface area contributed by atoms with Gasteiger partial charge in [-0.15, -0.1) is 12.3 Å². The van der Waals surface area contributed by atoms with Crippen LogP contribution in [0.15, 0.2) is 12.3 Å². The summed E-state index contributed by atoms with van der Waals surface area (Å²) in [6.07, 6.45) is 0. The normalized spacial score (nSPS) is 13.5. The van der Waals surface area contributed by atoms with E-state index in [1.54, 1.807) is 14.2 Å². The molecule has 0 aromatic rings. The van der Waals surface area contributed by atoms with Crippen molar-refractivity contribution in [1.29, 1.82) is 0 Å². The summed E-state index contributed by atoms with van der Waals surface area (Å²) in [6.45, 7) is 6.08. The average molecular weight is 190 g/mol. The molecular weight excluding hydrogens is 172 g/mol. The Hall–Kier alpha value is 0.0938. The summed E-state index contributed by atoms with van der Waals surface area (Å²) in [7, 11) is 1.57. The number of hydrogen-bond acceptors (Lipinski definition) is 2. The predicted molar refractivity (Wildman–Crippen MR) is 54.0 cm³/mol. The van der Waals surface area contributed by atoms with E-state index >= 15 is 0 Å². The van der Waals surface area contributed by atoms with Crippen molar-refractivity contribution in [1.82, 2.24) is 0 Å². The van der Waals surface area contributed by atoms with Gasteiger partial charge < -0.3 is 8.85 Å². The monoisotopic (exact) mass is 190 g/mol. The SMILES string of the molecule is C=C[SiH](C)CC[SiH](OC)OC. The molecule has 0 aromatic carbocycles. The van der Waals surface area contributed by atoms with Crippen LogP contribution < -0.4 is 0 Å². The topological polar surface area (TPSA) is 18.5 Å². The van der Waals surface area contributed by atoms with Crippen LogP contribution in [0.5, 0.6) is 0 Å². The molecule has 4 heteroatoms. The van der Waals surface area contributed by atoms with Crippen LogP contribution in [-0.2, 0) is 8.85 Å². The lowest BCUT2D eigenvalue weighted by Crippen LogP contribution is -2.20. The second-order valence-electron chi connectivity index (χ2n) is 2.69. The van der Waals surface area contributed by atoms with Gasteiger partial charge in [-0.05, 0) is 6.04 Å². The molecule has 0 saturated heterocycles. The molecule has 0 radical (unpaired) electrons. The minimum atomic E-state index is -1.28. The summed E-state index contributed by atoms with van der Waals surface area (Å²) < 4.78 is 10.4. The van der Waals surface area contributed by atoms with Gasteiger partial charge in [0.2, 0.25) is 0 Å². The Morgan fingerprint density at radius 1 is 1.27 bits per heavy atom. The van der Waals surface area contributed by atoms with Crippen molar-refractivity contribution in [2.45, 2.75) is 18.6 Å². The lowest BCUT2D eigenvalue weighted by atomic mass is 10.9. The van der Waals surface area contributed by atoms with Crippen LogP contribution in [0.2, 0.25) is 18.6 Å². The third-order valence-electron chi connectivity index (χ3n) is 1.79. The Labute approximate surface area is 72.7 Å². The summed E-state index contributed by atoms with van der Waals surface area (Å²) >= 11 is 0. The molecule has 0 heterocycles.